The Morgan fingerprint density at radius 2 is 1.88 bits per heavy atom. The molecule has 0 fully saturated rings. The zero-order valence-electron chi connectivity index (χ0n) is 10.0. The van der Waals surface area contributed by atoms with E-state index < -0.39 is 0 Å². The van der Waals surface area contributed by atoms with Crippen LogP contribution in [-0.4, -0.2) is 0 Å². The summed E-state index contributed by atoms with van der Waals surface area (Å²) < 4.78 is 5.72. The summed E-state index contributed by atoms with van der Waals surface area (Å²) in [4.78, 5) is 0. The topological polar surface area (TPSA) is 13.1 Å². The lowest BCUT2D eigenvalue weighted by Crippen LogP contribution is -1.75. The molecule has 0 saturated carbocycles. The van der Waals surface area contributed by atoms with Crippen molar-refractivity contribution in [1.29, 1.82) is 0 Å². The van der Waals surface area contributed by atoms with E-state index in [1.165, 1.54) is 0 Å². The van der Waals surface area contributed by atoms with Crippen LogP contribution in [0.5, 0.6) is 0 Å². The Labute approximate surface area is 101 Å². The maximum absolute atomic E-state index is 5.72. The number of rotatable bonds is 1. The Balaban J connectivity index is 0.000000514. The van der Waals surface area contributed by atoms with Crippen LogP contribution in [0.2, 0.25) is 0 Å². The van der Waals surface area contributed by atoms with Crippen molar-refractivity contribution >= 4 is 16.5 Å². The highest BCUT2D eigenvalue weighted by Crippen LogP contribution is 2.25. The molecule has 0 bridgehead atoms. The van der Waals surface area contributed by atoms with Crippen molar-refractivity contribution in [3.63, 3.8) is 0 Å². The van der Waals surface area contributed by atoms with E-state index in [9.17, 15) is 0 Å². The Morgan fingerprint density at radius 3 is 2.59 bits per heavy atom. The van der Waals surface area contributed by atoms with E-state index in [4.69, 9.17) is 4.42 Å². The van der Waals surface area contributed by atoms with E-state index in [1.807, 2.05) is 62.4 Å². The van der Waals surface area contributed by atoms with Crippen molar-refractivity contribution in [2.24, 2.45) is 0 Å². The molecule has 0 aliphatic heterocycles. The van der Waals surface area contributed by atoms with Gasteiger partial charge in [0.05, 0.1) is 0 Å². The Morgan fingerprint density at radius 1 is 1.06 bits per heavy atom. The summed E-state index contributed by atoms with van der Waals surface area (Å²) in [6, 6.07) is 10.0. The van der Waals surface area contributed by atoms with Crippen LogP contribution in [0.15, 0.2) is 64.4 Å². The first-order valence-electron chi connectivity index (χ1n) is 5.80. The van der Waals surface area contributed by atoms with E-state index in [2.05, 4.69) is 11.5 Å². The third-order valence-corrected chi connectivity index (χ3v) is 2.37. The van der Waals surface area contributed by atoms with Gasteiger partial charge in [-0.15, -0.1) is 0 Å². The van der Waals surface area contributed by atoms with Crippen LogP contribution >= 0.6 is 0 Å². The minimum Gasteiger partial charge on any atom is -0.456 e. The number of hydrogen-bond acceptors (Lipinski definition) is 1. The van der Waals surface area contributed by atoms with Crippen molar-refractivity contribution in [3.8, 4) is 0 Å². The Hall–Kier alpha value is -2.20. The highest BCUT2D eigenvalue weighted by Gasteiger charge is 2.05. The predicted octanol–water partition coefficient (Wildman–Crippen LogP) is 4.72. The van der Waals surface area contributed by atoms with Crippen molar-refractivity contribution in [3.05, 3.63) is 65.8 Å². The summed E-state index contributed by atoms with van der Waals surface area (Å²) in [6.07, 6.45) is 5.68. The van der Waals surface area contributed by atoms with Crippen LogP contribution in [0.4, 0.5) is 0 Å². The minimum atomic E-state index is 0.876. The highest BCUT2D eigenvalue weighted by atomic mass is 16.3. The average molecular weight is 222 g/mol. The summed E-state index contributed by atoms with van der Waals surface area (Å²) >= 11 is 0. The quantitative estimate of drug-likeness (QED) is 0.636. The van der Waals surface area contributed by atoms with Crippen LogP contribution in [-0.2, 0) is 0 Å². The maximum Gasteiger partial charge on any atom is 0.136 e. The van der Waals surface area contributed by atoms with E-state index in [1.54, 1.807) is 0 Å². The highest BCUT2D eigenvalue weighted by molar-refractivity contribution is 5.84. The number of fused-ring (bicyclic) bond motifs is 1. The Bertz CT molecular complexity index is 610. The van der Waals surface area contributed by atoms with Crippen LogP contribution in [0.3, 0.4) is 0 Å². The number of para-hydroxylation sites is 1. The monoisotopic (exact) mass is 222 g/mol. The lowest BCUT2D eigenvalue weighted by atomic mass is 10.1. The molecule has 1 heterocycles. The van der Waals surface area contributed by atoms with Gasteiger partial charge in [-0.3, -0.25) is 0 Å². The van der Waals surface area contributed by atoms with Crippen LogP contribution in [0.25, 0.3) is 16.5 Å². The molecule has 1 nitrogen and oxygen atoms in total. The molecule has 0 unspecified atom stereocenters. The molecular formula is C16H14O. The minimum absolute atomic E-state index is 0.876. The lowest BCUT2D eigenvalue weighted by Gasteiger charge is -1.94. The molecule has 0 radical (unpaired) electrons. The molecule has 1 aromatic heterocycles. The molecule has 1 aliphatic carbocycles. The average Bonchev–Trinajstić information content (AvgIpc) is 2.86. The second-order valence-corrected chi connectivity index (χ2v) is 3.37. The van der Waals surface area contributed by atoms with E-state index in [-0.39, 0.29) is 0 Å². The fourth-order valence-electron chi connectivity index (χ4n) is 1.62. The first-order chi connectivity index (χ1) is 8.43. The fourth-order valence-corrected chi connectivity index (χ4v) is 1.62. The number of furan rings is 1. The number of benzene rings is 1. The smallest absolute Gasteiger partial charge is 0.136 e. The molecule has 3 rings (SSSR count). The van der Waals surface area contributed by atoms with Gasteiger partial charge in [0.15, 0.2) is 0 Å². The zero-order chi connectivity index (χ0) is 12.1. The molecule has 0 atom stereocenters. The molecule has 17 heavy (non-hydrogen) atoms. The number of allylic oxidation sites excluding steroid dienone is 4. The first kappa shape index (κ1) is 11.3. The molecule has 0 saturated heterocycles. The zero-order valence-corrected chi connectivity index (χ0v) is 10.0. The SMILES string of the molecule is C1=C=CC(c2cc3ccccc3o2)=CC=1.CC. The van der Waals surface area contributed by atoms with Gasteiger partial charge in [-0.1, -0.05) is 43.5 Å². The summed E-state index contributed by atoms with van der Waals surface area (Å²) in [6.45, 7) is 4.00. The van der Waals surface area contributed by atoms with Gasteiger partial charge in [-0.25, -0.2) is 0 Å². The molecule has 0 N–H and O–H groups in total. The van der Waals surface area contributed by atoms with Crippen LogP contribution in [0, 0.1) is 0 Å². The normalized spacial score (nSPS) is 12.2. The largest absolute Gasteiger partial charge is 0.456 e. The molecule has 1 heteroatoms. The lowest BCUT2D eigenvalue weighted by molar-refractivity contribution is 0.601. The maximum atomic E-state index is 5.72. The second-order valence-electron chi connectivity index (χ2n) is 3.37. The van der Waals surface area contributed by atoms with Gasteiger partial charge in [-0.05, 0) is 30.4 Å². The summed E-state index contributed by atoms with van der Waals surface area (Å²) in [7, 11) is 0. The summed E-state index contributed by atoms with van der Waals surface area (Å²) in [5, 5.41) is 1.13. The number of hydrogen-bond donors (Lipinski definition) is 0. The van der Waals surface area contributed by atoms with Gasteiger partial charge in [0, 0.05) is 11.0 Å². The van der Waals surface area contributed by atoms with E-state index >= 15 is 0 Å². The van der Waals surface area contributed by atoms with Gasteiger partial charge in [0.1, 0.15) is 11.3 Å². The van der Waals surface area contributed by atoms with Crippen LogP contribution < -0.4 is 0 Å². The standard InChI is InChI=1S/C14H8O.C2H6/c1-2-6-11(7-3-1)14-10-12-8-4-5-9-13(12)15-14;1-2/h2,4-10H;1-2H3. The van der Waals surface area contributed by atoms with Crippen LogP contribution in [0.1, 0.15) is 19.6 Å². The molecule has 0 spiro atoms. The van der Waals surface area contributed by atoms with Crippen molar-refractivity contribution in [2.45, 2.75) is 13.8 Å². The van der Waals surface area contributed by atoms with E-state index in [0.29, 0.717) is 0 Å². The summed E-state index contributed by atoms with van der Waals surface area (Å²) in [5.41, 5.74) is 7.74. The van der Waals surface area contributed by atoms with Gasteiger partial charge in [0.25, 0.3) is 0 Å². The molecular weight excluding hydrogens is 208 g/mol. The molecule has 1 aliphatic rings. The van der Waals surface area contributed by atoms with Crippen molar-refractivity contribution < 1.29 is 4.42 Å². The fraction of sp³-hybridized carbons (Fsp3) is 0.125. The molecule has 2 aromatic rings. The molecule has 0 amide bonds. The summed E-state index contributed by atoms with van der Waals surface area (Å²) in [5.74, 6) is 0.876. The molecule has 1 aromatic carbocycles. The van der Waals surface area contributed by atoms with Gasteiger partial charge >= 0.3 is 0 Å². The third-order valence-electron chi connectivity index (χ3n) is 2.37. The molecule has 84 valence electrons. The third kappa shape index (κ3) is 2.32. The Kier molecular flexibility index (Phi) is 3.47. The first-order valence-corrected chi connectivity index (χ1v) is 5.80. The van der Waals surface area contributed by atoms with E-state index in [0.717, 1.165) is 22.3 Å². The van der Waals surface area contributed by atoms with Gasteiger partial charge in [-0.2, -0.15) is 0 Å². The van der Waals surface area contributed by atoms with Gasteiger partial charge in [0.2, 0.25) is 0 Å². The van der Waals surface area contributed by atoms with Crippen molar-refractivity contribution in [2.75, 3.05) is 0 Å². The van der Waals surface area contributed by atoms with Crippen molar-refractivity contribution in [1.82, 2.24) is 0 Å². The second kappa shape index (κ2) is 5.23. The predicted molar refractivity (Wildman–Crippen MR) is 71.7 cm³/mol. The van der Waals surface area contributed by atoms with Gasteiger partial charge < -0.3 is 4.42 Å².